The Kier molecular flexibility index (Phi) is 4.71. The molecule has 0 unspecified atom stereocenters. The van der Waals surface area contributed by atoms with Crippen molar-refractivity contribution in [2.24, 2.45) is 0 Å². The second kappa shape index (κ2) is 6.30. The Labute approximate surface area is 101 Å². The van der Waals surface area contributed by atoms with E-state index in [2.05, 4.69) is 22.1 Å². The molecule has 2 heterocycles. The molecule has 0 radical (unpaired) electrons. The van der Waals surface area contributed by atoms with Crippen LogP contribution >= 0.6 is 11.3 Å². The van der Waals surface area contributed by atoms with Crippen LogP contribution < -0.4 is 5.32 Å². The molecule has 1 aliphatic heterocycles. The number of nitrogens with zero attached hydrogens (tertiary/aromatic N) is 2. The Hall–Kier alpha value is -0.490. The molecule has 90 valence electrons. The largest absolute Gasteiger partial charge is 0.379 e. The molecule has 0 aliphatic carbocycles. The lowest BCUT2D eigenvalue weighted by Crippen LogP contribution is -2.40. The summed E-state index contributed by atoms with van der Waals surface area (Å²) < 4.78 is 5.31. The van der Waals surface area contributed by atoms with E-state index in [0.29, 0.717) is 0 Å². The molecule has 0 bridgehead atoms. The number of hydrogen-bond donors (Lipinski definition) is 1. The SMILES string of the molecule is Cc1ncsc1CNCCN1CCOCC1. The van der Waals surface area contributed by atoms with Crippen molar-refractivity contribution in [3.05, 3.63) is 16.1 Å². The first-order chi connectivity index (χ1) is 7.86. The smallest absolute Gasteiger partial charge is 0.0798 e. The van der Waals surface area contributed by atoms with Crippen molar-refractivity contribution in [2.75, 3.05) is 39.4 Å². The van der Waals surface area contributed by atoms with E-state index in [4.69, 9.17) is 4.74 Å². The predicted octanol–water partition coefficient (Wildman–Crippen LogP) is 0.873. The topological polar surface area (TPSA) is 37.4 Å². The molecule has 4 nitrogen and oxygen atoms in total. The summed E-state index contributed by atoms with van der Waals surface area (Å²) in [7, 11) is 0. The van der Waals surface area contributed by atoms with Crippen molar-refractivity contribution >= 4 is 11.3 Å². The second-order valence-corrected chi connectivity index (χ2v) is 4.93. The molecule has 1 fully saturated rings. The van der Waals surface area contributed by atoms with Crippen LogP contribution in [0.5, 0.6) is 0 Å². The Bertz CT molecular complexity index is 310. The fraction of sp³-hybridized carbons (Fsp3) is 0.727. The molecule has 0 spiro atoms. The van der Waals surface area contributed by atoms with Crippen LogP contribution in [0.1, 0.15) is 10.6 Å². The van der Waals surface area contributed by atoms with Crippen molar-refractivity contribution in [3.8, 4) is 0 Å². The highest BCUT2D eigenvalue weighted by molar-refractivity contribution is 7.09. The fourth-order valence-electron chi connectivity index (χ4n) is 1.76. The number of nitrogens with one attached hydrogen (secondary N) is 1. The minimum Gasteiger partial charge on any atom is -0.379 e. The quantitative estimate of drug-likeness (QED) is 0.776. The van der Waals surface area contributed by atoms with Crippen LogP contribution in [0.2, 0.25) is 0 Å². The van der Waals surface area contributed by atoms with Crippen molar-refractivity contribution < 1.29 is 4.74 Å². The van der Waals surface area contributed by atoms with Gasteiger partial charge in [0.1, 0.15) is 0 Å². The summed E-state index contributed by atoms with van der Waals surface area (Å²) in [5.74, 6) is 0. The molecule has 0 saturated carbocycles. The third-order valence-corrected chi connectivity index (χ3v) is 3.77. The molecule has 1 N–H and O–H groups in total. The van der Waals surface area contributed by atoms with E-state index < -0.39 is 0 Å². The van der Waals surface area contributed by atoms with Crippen LogP contribution in [-0.4, -0.2) is 49.3 Å². The van der Waals surface area contributed by atoms with E-state index in [1.54, 1.807) is 11.3 Å². The Balaban J connectivity index is 1.59. The first-order valence-corrected chi connectivity index (χ1v) is 6.64. The second-order valence-electron chi connectivity index (χ2n) is 3.99. The van der Waals surface area contributed by atoms with Crippen LogP contribution in [0.4, 0.5) is 0 Å². The average molecular weight is 241 g/mol. The van der Waals surface area contributed by atoms with Gasteiger partial charge in [-0.25, -0.2) is 4.98 Å². The molecular formula is C11H19N3OS. The summed E-state index contributed by atoms with van der Waals surface area (Å²) in [6.45, 7) is 9.07. The van der Waals surface area contributed by atoms with Crippen molar-refractivity contribution in [2.45, 2.75) is 13.5 Å². The van der Waals surface area contributed by atoms with Gasteiger partial charge in [0.2, 0.25) is 0 Å². The zero-order chi connectivity index (χ0) is 11.2. The van der Waals surface area contributed by atoms with Gasteiger partial charge in [0.05, 0.1) is 24.4 Å². The van der Waals surface area contributed by atoms with Crippen molar-refractivity contribution in [3.63, 3.8) is 0 Å². The third kappa shape index (κ3) is 3.52. The lowest BCUT2D eigenvalue weighted by Gasteiger charge is -2.26. The van der Waals surface area contributed by atoms with E-state index in [-0.39, 0.29) is 0 Å². The molecule has 0 atom stereocenters. The molecule has 1 aliphatic rings. The van der Waals surface area contributed by atoms with Gasteiger partial charge in [0.25, 0.3) is 0 Å². The van der Waals surface area contributed by atoms with Gasteiger partial charge < -0.3 is 10.1 Å². The lowest BCUT2D eigenvalue weighted by atomic mass is 10.4. The van der Waals surface area contributed by atoms with Crippen LogP contribution in [0, 0.1) is 6.92 Å². The Morgan fingerprint density at radius 2 is 2.31 bits per heavy atom. The highest BCUT2D eigenvalue weighted by atomic mass is 32.1. The molecule has 5 heteroatoms. The average Bonchev–Trinajstić information content (AvgIpc) is 2.72. The normalized spacial score (nSPS) is 17.8. The maximum atomic E-state index is 5.31. The summed E-state index contributed by atoms with van der Waals surface area (Å²) in [4.78, 5) is 8.03. The summed E-state index contributed by atoms with van der Waals surface area (Å²) in [5, 5.41) is 3.46. The van der Waals surface area contributed by atoms with Crippen LogP contribution in [0.3, 0.4) is 0 Å². The number of rotatable bonds is 5. The van der Waals surface area contributed by atoms with Gasteiger partial charge in [0.15, 0.2) is 0 Å². The number of hydrogen-bond acceptors (Lipinski definition) is 5. The van der Waals surface area contributed by atoms with Gasteiger partial charge in [0, 0.05) is 37.6 Å². The van der Waals surface area contributed by atoms with E-state index >= 15 is 0 Å². The zero-order valence-corrected chi connectivity index (χ0v) is 10.6. The summed E-state index contributed by atoms with van der Waals surface area (Å²) >= 11 is 1.73. The minimum atomic E-state index is 0.883. The molecule has 1 aromatic rings. The Morgan fingerprint density at radius 3 is 3.00 bits per heavy atom. The molecule has 1 aromatic heterocycles. The zero-order valence-electron chi connectivity index (χ0n) is 9.74. The van der Waals surface area contributed by atoms with Crippen LogP contribution in [-0.2, 0) is 11.3 Å². The van der Waals surface area contributed by atoms with E-state index in [0.717, 1.165) is 51.6 Å². The van der Waals surface area contributed by atoms with E-state index in [1.165, 1.54) is 4.88 Å². The third-order valence-electron chi connectivity index (χ3n) is 2.84. The van der Waals surface area contributed by atoms with E-state index in [1.807, 2.05) is 5.51 Å². The molecule has 0 aromatic carbocycles. The van der Waals surface area contributed by atoms with Gasteiger partial charge in [-0.1, -0.05) is 0 Å². The van der Waals surface area contributed by atoms with Crippen molar-refractivity contribution in [1.29, 1.82) is 0 Å². The fourth-order valence-corrected chi connectivity index (χ4v) is 2.51. The summed E-state index contributed by atoms with van der Waals surface area (Å²) in [5.41, 5.74) is 3.07. The summed E-state index contributed by atoms with van der Waals surface area (Å²) in [6.07, 6.45) is 0. The minimum absolute atomic E-state index is 0.883. The first-order valence-electron chi connectivity index (χ1n) is 5.76. The highest BCUT2D eigenvalue weighted by Crippen LogP contribution is 2.10. The molecule has 2 rings (SSSR count). The number of morpholine rings is 1. The maximum absolute atomic E-state index is 5.31. The predicted molar refractivity (Wildman–Crippen MR) is 65.8 cm³/mol. The standard InChI is InChI=1S/C11H19N3OS/c1-10-11(16-9-13-10)8-12-2-3-14-4-6-15-7-5-14/h9,12H,2-8H2,1H3. The highest BCUT2D eigenvalue weighted by Gasteiger charge is 2.09. The first kappa shape index (κ1) is 12.0. The lowest BCUT2D eigenvalue weighted by molar-refractivity contribution is 0.0384. The molecule has 0 amide bonds. The number of thiazole rings is 1. The monoisotopic (exact) mass is 241 g/mol. The van der Waals surface area contributed by atoms with Gasteiger partial charge in [-0.2, -0.15) is 0 Å². The molecular weight excluding hydrogens is 222 g/mol. The Morgan fingerprint density at radius 1 is 1.50 bits per heavy atom. The maximum Gasteiger partial charge on any atom is 0.0798 e. The number of ether oxygens (including phenoxy) is 1. The van der Waals surface area contributed by atoms with Crippen LogP contribution in [0.15, 0.2) is 5.51 Å². The van der Waals surface area contributed by atoms with Crippen LogP contribution in [0.25, 0.3) is 0 Å². The summed E-state index contributed by atoms with van der Waals surface area (Å²) in [6, 6.07) is 0. The van der Waals surface area contributed by atoms with Crippen molar-refractivity contribution in [1.82, 2.24) is 15.2 Å². The van der Waals surface area contributed by atoms with Gasteiger partial charge in [-0.15, -0.1) is 11.3 Å². The van der Waals surface area contributed by atoms with Gasteiger partial charge in [-0.05, 0) is 6.92 Å². The van der Waals surface area contributed by atoms with Gasteiger partial charge >= 0.3 is 0 Å². The molecule has 16 heavy (non-hydrogen) atoms. The number of aromatic nitrogens is 1. The van der Waals surface area contributed by atoms with E-state index in [9.17, 15) is 0 Å². The van der Waals surface area contributed by atoms with Gasteiger partial charge in [-0.3, -0.25) is 4.90 Å². The number of aryl methyl sites for hydroxylation is 1. The molecule has 1 saturated heterocycles.